The minimum absolute atomic E-state index is 0.549. The van der Waals surface area contributed by atoms with Crippen LogP contribution in [0.1, 0.15) is 11.1 Å². The highest BCUT2D eigenvalue weighted by Crippen LogP contribution is 2.43. The molecule has 0 N–H and O–H groups in total. The fourth-order valence-corrected chi connectivity index (χ4v) is 8.20. The average molecular weight is 713 g/mol. The number of fused-ring (bicyclic) bond motifs is 6. The zero-order valence-electron chi connectivity index (χ0n) is 29.8. The number of nitrogens with zero attached hydrogens (tertiary/aromatic N) is 6. The molecule has 6 nitrogen and oxygen atoms in total. The Bertz CT molecular complexity index is 3170. The Hall–Kier alpha value is -8.24. The van der Waals surface area contributed by atoms with E-state index in [2.05, 4.69) is 98.9 Å². The molecule has 0 bridgehead atoms. The molecular weight excluding hydrogens is 685 g/mol. The monoisotopic (exact) mass is 712 g/mol. The molecule has 0 unspecified atom stereocenters. The van der Waals surface area contributed by atoms with Crippen molar-refractivity contribution in [2.75, 3.05) is 0 Å². The van der Waals surface area contributed by atoms with Crippen LogP contribution in [-0.2, 0) is 0 Å². The molecule has 0 aliphatic rings. The molecule has 0 spiro atoms. The van der Waals surface area contributed by atoms with Crippen LogP contribution in [-0.4, -0.2) is 14.1 Å². The standard InChI is InChI=1S/C50H28N6/c1-53-38-14-9-13-34(25-38)36-21-23-43-41-17-5-7-19-45(41)56(47(43)27-36)49-31-54-30-48(50(49)39-15-3-2-11-37(39)29-52)55-44-18-6-4-16-40(44)42-22-20-35(26-46(42)55)33-12-8-10-32(24-33)28-51/h2-27,30-31H. The Morgan fingerprint density at radius 3 is 1.62 bits per heavy atom. The van der Waals surface area contributed by atoms with Crippen molar-refractivity contribution in [3.05, 3.63) is 193 Å². The zero-order valence-corrected chi connectivity index (χ0v) is 29.8. The van der Waals surface area contributed by atoms with Gasteiger partial charge in [-0.1, -0.05) is 109 Å². The van der Waals surface area contributed by atoms with Gasteiger partial charge < -0.3 is 9.13 Å². The number of benzene rings is 7. The van der Waals surface area contributed by atoms with Crippen LogP contribution < -0.4 is 0 Å². The van der Waals surface area contributed by atoms with Crippen molar-refractivity contribution in [2.45, 2.75) is 0 Å². The van der Waals surface area contributed by atoms with Crippen molar-refractivity contribution in [1.82, 2.24) is 14.1 Å². The van der Waals surface area contributed by atoms with Crippen LogP contribution in [0.3, 0.4) is 0 Å². The molecule has 6 heteroatoms. The summed E-state index contributed by atoms with van der Waals surface area (Å²) >= 11 is 0. The Balaban J connectivity index is 1.33. The number of aromatic nitrogens is 3. The first-order chi connectivity index (χ1) is 27.6. The van der Waals surface area contributed by atoms with E-state index in [9.17, 15) is 10.5 Å². The van der Waals surface area contributed by atoms with Gasteiger partial charge in [-0.2, -0.15) is 10.5 Å². The summed E-state index contributed by atoms with van der Waals surface area (Å²) in [7, 11) is 0. The lowest BCUT2D eigenvalue weighted by atomic mass is 9.97. The Kier molecular flexibility index (Phi) is 7.53. The van der Waals surface area contributed by atoms with Crippen LogP contribution in [0.25, 0.3) is 93.2 Å². The molecule has 0 fully saturated rings. The van der Waals surface area contributed by atoms with Gasteiger partial charge in [0.25, 0.3) is 0 Å². The van der Waals surface area contributed by atoms with Crippen molar-refractivity contribution in [3.63, 3.8) is 0 Å². The summed E-state index contributed by atoms with van der Waals surface area (Å²) in [6, 6.07) is 57.5. The van der Waals surface area contributed by atoms with Crippen LogP contribution >= 0.6 is 0 Å². The second-order valence-corrected chi connectivity index (χ2v) is 13.7. The van der Waals surface area contributed by atoms with E-state index in [1.54, 1.807) is 0 Å². The quantitative estimate of drug-likeness (QED) is 0.167. The van der Waals surface area contributed by atoms with Crippen LogP contribution in [0.2, 0.25) is 0 Å². The van der Waals surface area contributed by atoms with E-state index in [-0.39, 0.29) is 0 Å². The van der Waals surface area contributed by atoms with E-state index in [1.807, 2.05) is 97.3 Å². The van der Waals surface area contributed by atoms with E-state index < -0.39 is 0 Å². The van der Waals surface area contributed by atoms with Gasteiger partial charge in [0.05, 0.1) is 75.7 Å². The summed E-state index contributed by atoms with van der Waals surface area (Å²) in [6.45, 7) is 7.62. The molecular formula is C50H28N6. The van der Waals surface area contributed by atoms with Crippen molar-refractivity contribution in [1.29, 1.82) is 10.5 Å². The SMILES string of the molecule is [C-]#[N+]c1cccc(-c2ccc3c4ccccc4n(-c4cncc(-n5c6ccccc6c6ccc(-c7cccc(C#N)c7)cc65)c4-c4ccccc4C#N)c3c2)c1. The predicted octanol–water partition coefficient (Wildman–Crippen LogP) is 12.6. The molecule has 0 amide bonds. The maximum absolute atomic E-state index is 10.6. The molecule has 0 saturated carbocycles. The van der Waals surface area contributed by atoms with Crippen molar-refractivity contribution < 1.29 is 0 Å². The molecule has 3 aromatic heterocycles. The third kappa shape index (κ3) is 5.05. The van der Waals surface area contributed by atoms with Gasteiger partial charge in [0.15, 0.2) is 5.69 Å². The molecule has 0 aliphatic carbocycles. The molecule has 258 valence electrons. The molecule has 0 atom stereocenters. The highest BCUT2D eigenvalue weighted by molar-refractivity contribution is 6.13. The molecule has 10 aromatic rings. The van der Waals surface area contributed by atoms with Gasteiger partial charge in [-0.25, -0.2) is 4.85 Å². The second kappa shape index (κ2) is 13.0. The van der Waals surface area contributed by atoms with Crippen molar-refractivity contribution in [3.8, 4) is 56.9 Å². The largest absolute Gasteiger partial charge is 0.307 e. The summed E-state index contributed by atoms with van der Waals surface area (Å²) in [4.78, 5) is 8.66. The topological polar surface area (TPSA) is 74.7 Å². The molecule has 7 aromatic carbocycles. The number of nitriles is 2. The van der Waals surface area contributed by atoms with Gasteiger partial charge in [0.2, 0.25) is 0 Å². The Morgan fingerprint density at radius 1 is 0.482 bits per heavy atom. The number of pyridine rings is 1. The zero-order chi connectivity index (χ0) is 37.8. The van der Waals surface area contributed by atoms with Crippen molar-refractivity contribution >= 4 is 49.3 Å². The number of hydrogen-bond donors (Lipinski definition) is 0. The average Bonchev–Trinajstić information content (AvgIpc) is 3.78. The van der Waals surface area contributed by atoms with Gasteiger partial charge in [-0.05, 0) is 70.8 Å². The Morgan fingerprint density at radius 2 is 1.02 bits per heavy atom. The van der Waals surface area contributed by atoms with E-state index >= 15 is 0 Å². The Labute approximate surface area is 322 Å². The minimum atomic E-state index is 0.549. The molecule has 0 saturated heterocycles. The highest BCUT2D eigenvalue weighted by atomic mass is 15.0. The fourth-order valence-electron chi connectivity index (χ4n) is 8.20. The lowest BCUT2D eigenvalue weighted by Crippen LogP contribution is -2.05. The van der Waals surface area contributed by atoms with Gasteiger partial charge in [-0.3, -0.25) is 4.98 Å². The smallest absolute Gasteiger partial charge is 0.187 e. The number of para-hydroxylation sites is 2. The van der Waals surface area contributed by atoms with E-state index in [4.69, 9.17) is 11.6 Å². The van der Waals surface area contributed by atoms with Crippen molar-refractivity contribution in [2.24, 2.45) is 0 Å². The third-order valence-corrected chi connectivity index (χ3v) is 10.7. The van der Waals surface area contributed by atoms with Gasteiger partial charge in [0, 0.05) is 32.7 Å². The first kappa shape index (κ1) is 32.4. The molecule has 0 radical (unpaired) electrons. The predicted molar refractivity (Wildman–Crippen MR) is 225 cm³/mol. The van der Waals surface area contributed by atoms with Gasteiger partial charge >= 0.3 is 0 Å². The summed E-state index contributed by atoms with van der Waals surface area (Å²) in [5, 5.41) is 24.6. The molecule has 10 rings (SSSR count). The third-order valence-electron chi connectivity index (χ3n) is 10.7. The normalized spacial score (nSPS) is 11.2. The van der Waals surface area contributed by atoms with Crippen LogP contribution in [0.4, 0.5) is 5.69 Å². The maximum atomic E-state index is 10.6. The van der Waals surface area contributed by atoms with Crippen LogP contribution in [0.5, 0.6) is 0 Å². The summed E-state index contributed by atoms with van der Waals surface area (Å²) in [5.74, 6) is 0. The maximum Gasteiger partial charge on any atom is 0.187 e. The van der Waals surface area contributed by atoms with E-state index in [0.29, 0.717) is 16.8 Å². The summed E-state index contributed by atoms with van der Waals surface area (Å²) < 4.78 is 4.52. The minimum Gasteiger partial charge on any atom is -0.307 e. The summed E-state index contributed by atoms with van der Waals surface area (Å²) in [6.07, 6.45) is 3.80. The van der Waals surface area contributed by atoms with Crippen LogP contribution in [0, 0.1) is 29.2 Å². The number of rotatable bonds is 5. The molecule has 3 heterocycles. The lowest BCUT2D eigenvalue weighted by Gasteiger charge is -2.20. The van der Waals surface area contributed by atoms with Gasteiger partial charge in [0.1, 0.15) is 0 Å². The lowest BCUT2D eigenvalue weighted by molar-refractivity contribution is 1.09. The first-order valence-corrected chi connectivity index (χ1v) is 18.2. The van der Waals surface area contributed by atoms with Gasteiger partial charge in [-0.15, -0.1) is 0 Å². The first-order valence-electron chi connectivity index (χ1n) is 18.2. The number of hydrogen-bond acceptors (Lipinski definition) is 3. The van der Waals surface area contributed by atoms with E-state index in [0.717, 1.165) is 88.4 Å². The molecule has 0 aliphatic heterocycles. The fraction of sp³-hybridized carbons (Fsp3) is 0. The summed E-state index contributed by atoms with van der Waals surface area (Å²) in [5.41, 5.74) is 12.9. The van der Waals surface area contributed by atoms with Crippen LogP contribution in [0.15, 0.2) is 170 Å². The van der Waals surface area contributed by atoms with E-state index in [1.165, 1.54) is 0 Å². The molecule has 56 heavy (non-hydrogen) atoms. The highest BCUT2D eigenvalue weighted by Gasteiger charge is 2.24. The second-order valence-electron chi connectivity index (χ2n) is 13.7.